The molecule has 2 rings (SSSR count). The number of piperidine rings is 1. The summed E-state index contributed by atoms with van der Waals surface area (Å²) in [6, 6.07) is 7.11. The Morgan fingerprint density at radius 1 is 1.30 bits per heavy atom. The summed E-state index contributed by atoms with van der Waals surface area (Å²) < 4.78 is 15.7. The van der Waals surface area contributed by atoms with E-state index in [2.05, 4.69) is 0 Å². The molecule has 0 saturated carbocycles. The Morgan fingerprint density at radius 3 is 2.83 bits per heavy atom. The van der Waals surface area contributed by atoms with Crippen molar-refractivity contribution >= 4 is 11.9 Å². The Labute approximate surface area is 136 Å². The zero-order chi connectivity index (χ0) is 16.7. The SMILES string of the molecule is CCOC(=O)C1CCCN(C(=O)COc2cccc(OC)c2)C1. The molecule has 0 N–H and O–H groups in total. The first-order valence-corrected chi connectivity index (χ1v) is 7.85. The largest absolute Gasteiger partial charge is 0.497 e. The van der Waals surface area contributed by atoms with Gasteiger partial charge in [0.25, 0.3) is 5.91 Å². The summed E-state index contributed by atoms with van der Waals surface area (Å²) in [6.45, 7) is 3.14. The van der Waals surface area contributed by atoms with Gasteiger partial charge in [0, 0.05) is 19.2 Å². The molecule has 1 aromatic carbocycles. The van der Waals surface area contributed by atoms with Gasteiger partial charge in [0.2, 0.25) is 0 Å². The molecule has 0 aliphatic carbocycles. The number of hydrogen-bond donors (Lipinski definition) is 0. The van der Waals surface area contributed by atoms with Gasteiger partial charge in [-0.1, -0.05) is 6.07 Å². The second-order valence-electron chi connectivity index (χ2n) is 5.40. The minimum atomic E-state index is -0.232. The van der Waals surface area contributed by atoms with Gasteiger partial charge in [-0.25, -0.2) is 0 Å². The van der Waals surface area contributed by atoms with Crippen LogP contribution in [0.2, 0.25) is 0 Å². The number of ether oxygens (including phenoxy) is 3. The van der Waals surface area contributed by atoms with E-state index in [4.69, 9.17) is 14.2 Å². The molecule has 1 aliphatic heterocycles. The van der Waals surface area contributed by atoms with E-state index in [0.29, 0.717) is 31.2 Å². The fourth-order valence-corrected chi connectivity index (χ4v) is 2.58. The van der Waals surface area contributed by atoms with Gasteiger partial charge >= 0.3 is 5.97 Å². The Hall–Kier alpha value is -2.24. The molecule has 1 atom stereocenters. The van der Waals surface area contributed by atoms with Crippen LogP contribution in [0.15, 0.2) is 24.3 Å². The number of rotatable bonds is 6. The van der Waals surface area contributed by atoms with Crippen molar-refractivity contribution in [2.24, 2.45) is 5.92 Å². The Kier molecular flexibility index (Phi) is 6.26. The zero-order valence-corrected chi connectivity index (χ0v) is 13.6. The van der Waals surface area contributed by atoms with E-state index in [-0.39, 0.29) is 24.4 Å². The van der Waals surface area contributed by atoms with Crippen molar-refractivity contribution in [1.29, 1.82) is 0 Å². The molecule has 1 heterocycles. The summed E-state index contributed by atoms with van der Waals surface area (Å²) >= 11 is 0. The number of carbonyl (C=O) groups is 2. The average molecular weight is 321 g/mol. The van der Waals surface area contributed by atoms with Crippen LogP contribution >= 0.6 is 0 Å². The minimum absolute atomic E-state index is 0.0529. The van der Waals surface area contributed by atoms with Crippen LogP contribution in [-0.4, -0.2) is 50.2 Å². The maximum absolute atomic E-state index is 12.3. The van der Waals surface area contributed by atoms with Gasteiger partial charge in [0.15, 0.2) is 6.61 Å². The maximum Gasteiger partial charge on any atom is 0.310 e. The van der Waals surface area contributed by atoms with Crippen molar-refractivity contribution in [1.82, 2.24) is 4.90 Å². The van der Waals surface area contributed by atoms with Crippen LogP contribution in [0.3, 0.4) is 0 Å². The first kappa shape index (κ1) is 17.1. The Morgan fingerprint density at radius 2 is 2.09 bits per heavy atom. The molecular weight excluding hydrogens is 298 g/mol. The van der Waals surface area contributed by atoms with Gasteiger partial charge in [-0.15, -0.1) is 0 Å². The lowest BCUT2D eigenvalue weighted by Gasteiger charge is -2.31. The van der Waals surface area contributed by atoms with Crippen LogP contribution in [0.25, 0.3) is 0 Å². The van der Waals surface area contributed by atoms with Crippen LogP contribution < -0.4 is 9.47 Å². The molecule has 1 fully saturated rings. The molecule has 23 heavy (non-hydrogen) atoms. The van der Waals surface area contributed by atoms with Crippen molar-refractivity contribution in [2.75, 3.05) is 33.4 Å². The van der Waals surface area contributed by atoms with Crippen molar-refractivity contribution < 1.29 is 23.8 Å². The van der Waals surface area contributed by atoms with Gasteiger partial charge in [0.1, 0.15) is 11.5 Å². The molecule has 126 valence electrons. The van der Waals surface area contributed by atoms with Crippen molar-refractivity contribution in [3.8, 4) is 11.5 Å². The monoisotopic (exact) mass is 321 g/mol. The van der Waals surface area contributed by atoms with E-state index in [1.54, 1.807) is 37.1 Å². The Bertz CT molecular complexity index is 546. The van der Waals surface area contributed by atoms with Gasteiger partial charge in [-0.05, 0) is 31.9 Å². The minimum Gasteiger partial charge on any atom is -0.497 e. The number of hydrogen-bond acceptors (Lipinski definition) is 5. The summed E-state index contributed by atoms with van der Waals surface area (Å²) in [7, 11) is 1.58. The normalized spacial score (nSPS) is 17.5. The van der Waals surface area contributed by atoms with Crippen molar-refractivity contribution in [3.63, 3.8) is 0 Å². The van der Waals surface area contributed by atoms with E-state index >= 15 is 0 Å². The third kappa shape index (κ3) is 4.87. The lowest BCUT2D eigenvalue weighted by Crippen LogP contribution is -2.44. The molecule has 0 spiro atoms. The fourth-order valence-electron chi connectivity index (χ4n) is 2.58. The van der Waals surface area contributed by atoms with E-state index in [9.17, 15) is 9.59 Å². The van der Waals surface area contributed by atoms with Crippen molar-refractivity contribution in [2.45, 2.75) is 19.8 Å². The summed E-state index contributed by atoms with van der Waals surface area (Å²) in [5.74, 6) is 0.678. The third-order valence-electron chi connectivity index (χ3n) is 3.80. The van der Waals surface area contributed by atoms with E-state index in [1.165, 1.54) is 0 Å². The fraction of sp³-hybridized carbons (Fsp3) is 0.529. The zero-order valence-electron chi connectivity index (χ0n) is 13.6. The molecular formula is C17H23NO5. The lowest BCUT2D eigenvalue weighted by molar-refractivity contribution is -0.151. The molecule has 1 aromatic rings. The van der Waals surface area contributed by atoms with Crippen LogP contribution in [0, 0.1) is 5.92 Å². The van der Waals surface area contributed by atoms with Gasteiger partial charge in [0.05, 0.1) is 19.6 Å². The van der Waals surface area contributed by atoms with Crippen LogP contribution in [-0.2, 0) is 14.3 Å². The third-order valence-corrected chi connectivity index (χ3v) is 3.80. The van der Waals surface area contributed by atoms with Crippen LogP contribution in [0.1, 0.15) is 19.8 Å². The number of methoxy groups -OCH3 is 1. The second-order valence-corrected chi connectivity index (χ2v) is 5.40. The molecule has 1 unspecified atom stereocenters. The summed E-state index contributed by atoms with van der Waals surface area (Å²) in [5.41, 5.74) is 0. The van der Waals surface area contributed by atoms with E-state index < -0.39 is 0 Å². The highest BCUT2D eigenvalue weighted by Gasteiger charge is 2.29. The first-order valence-electron chi connectivity index (χ1n) is 7.85. The summed E-state index contributed by atoms with van der Waals surface area (Å²) in [6.07, 6.45) is 1.56. The smallest absolute Gasteiger partial charge is 0.310 e. The van der Waals surface area contributed by atoms with Gasteiger partial charge < -0.3 is 19.1 Å². The summed E-state index contributed by atoms with van der Waals surface area (Å²) in [5, 5.41) is 0. The molecule has 0 radical (unpaired) electrons. The highest BCUT2D eigenvalue weighted by Crippen LogP contribution is 2.20. The second kappa shape index (κ2) is 8.41. The molecule has 6 heteroatoms. The number of esters is 1. The quantitative estimate of drug-likeness (QED) is 0.749. The first-order chi connectivity index (χ1) is 11.1. The number of nitrogens with zero attached hydrogens (tertiary/aromatic N) is 1. The molecule has 1 amide bonds. The van der Waals surface area contributed by atoms with E-state index in [1.807, 2.05) is 6.07 Å². The summed E-state index contributed by atoms with van der Waals surface area (Å²) in [4.78, 5) is 25.8. The highest BCUT2D eigenvalue weighted by atomic mass is 16.5. The van der Waals surface area contributed by atoms with Gasteiger partial charge in [-0.2, -0.15) is 0 Å². The maximum atomic E-state index is 12.3. The predicted molar refractivity (Wildman–Crippen MR) is 84.4 cm³/mol. The number of amides is 1. The molecule has 1 saturated heterocycles. The highest BCUT2D eigenvalue weighted by molar-refractivity contribution is 5.79. The van der Waals surface area contributed by atoms with Gasteiger partial charge in [-0.3, -0.25) is 9.59 Å². The number of carbonyl (C=O) groups excluding carboxylic acids is 2. The Balaban J connectivity index is 1.86. The van der Waals surface area contributed by atoms with Crippen LogP contribution in [0.4, 0.5) is 0 Å². The molecule has 0 bridgehead atoms. The number of likely N-dealkylation sites (tertiary alicyclic amines) is 1. The average Bonchev–Trinajstić information content (AvgIpc) is 2.60. The van der Waals surface area contributed by atoms with Crippen molar-refractivity contribution in [3.05, 3.63) is 24.3 Å². The van der Waals surface area contributed by atoms with E-state index in [0.717, 1.165) is 12.8 Å². The number of benzene rings is 1. The predicted octanol–water partition coefficient (Wildman–Crippen LogP) is 1.88. The molecule has 6 nitrogen and oxygen atoms in total. The van der Waals surface area contributed by atoms with Crippen LogP contribution in [0.5, 0.6) is 11.5 Å². The standard InChI is InChI=1S/C17H23NO5/c1-3-22-17(20)13-6-5-9-18(11-13)16(19)12-23-15-8-4-7-14(10-15)21-2/h4,7-8,10,13H,3,5-6,9,11-12H2,1-2H3. The lowest BCUT2D eigenvalue weighted by atomic mass is 9.98. The molecule has 0 aromatic heterocycles. The molecule has 1 aliphatic rings. The topological polar surface area (TPSA) is 65.1 Å².